The minimum Gasteiger partial charge on any atom is -0.480 e. The van der Waals surface area contributed by atoms with E-state index in [9.17, 15) is 4.79 Å². The Kier molecular flexibility index (Phi) is 3.91. The van der Waals surface area contributed by atoms with Gasteiger partial charge in [-0.05, 0) is 12.1 Å². The summed E-state index contributed by atoms with van der Waals surface area (Å²) in [6.45, 7) is 0. The number of methoxy groups -OCH3 is 2. The lowest BCUT2D eigenvalue weighted by molar-refractivity contribution is 0.102. The Labute approximate surface area is 114 Å². The zero-order valence-electron chi connectivity index (χ0n) is 10.3. The molecule has 2 aromatic rings. The van der Waals surface area contributed by atoms with Gasteiger partial charge in [0.2, 0.25) is 17.5 Å². The Hall–Kier alpha value is -2.21. The van der Waals surface area contributed by atoms with Gasteiger partial charge in [-0.3, -0.25) is 9.78 Å². The van der Waals surface area contributed by atoms with Crippen LogP contribution in [0.1, 0.15) is 16.2 Å². The van der Waals surface area contributed by atoms with E-state index in [0.717, 1.165) is 0 Å². The van der Waals surface area contributed by atoms with Crippen LogP contribution in [0.5, 0.6) is 11.8 Å². The Balaban J connectivity index is 2.40. The monoisotopic (exact) mass is 279 g/mol. The fraction of sp³-hybridized carbons (Fsp3) is 0.167. The van der Waals surface area contributed by atoms with Gasteiger partial charge >= 0.3 is 0 Å². The van der Waals surface area contributed by atoms with Gasteiger partial charge in [-0.15, -0.1) is 0 Å². The average molecular weight is 280 g/mol. The summed E-state index contributed by atoms with van der Waals surface area (Å²) in [4.78, 5) is 24.1. The van der Waals surface area contributed by atoms with E-state index in [2.05, 4.69) is 15.0 Å². The molecule has 0 bridgehead atoms. The molecule has 6 nitrogen and oxygen atoms in total. The van der Waals surface area contributed by atoms with Crippen LogP contribution < -0.4 is 9.47 Å². The van der Waals surface area contributed by atoms with Crippen molar-refractivity contribution in [1.29, 1.82) is 0 Å². The zero-order chi connectivity index (χ0) is 13.8. The van der Waals surface area contributed by atoms with E-state index < -0.39 is 5.78 Å². The van der Waals surface area contributed by atoms with Crippen LogP contribution in [0.4, 0.5) is 0 Å². The maximum Gasteiger partial charge on any atom is 0.247 e. The van der Waals surface area contributed by atoms with Gasteiger partial charge in [0, 0.05) is 6.20 Å². The van der Waals surface area contributed by atoms with E-state index in [-0.39, 0.29) is 23.1 Å². The van der Waals surface area contributed by atoms with Crippen molar-refractivity contribution in [2.45, 2.75) is 0 Å². The van der Waals surface area contributed by atoms with Crippen molar-refractivity contribution in [2.75, 3.05) is 14.2 Å². The number of nitrogens with zero attached hydrogens (tertiary/aromatic N) is 3. The molecule has 0 saturated heterocycles. The number of ketones is 1. The summed E-state index contributed by atoms with van der Waals surface area (Å²) < 4.78 is 9.94. The van der Waals surface area contributed by atoms with Gasteiger partial charge in [0.15, 0.2) is 5.69 Å². The minimum atomic E-state index is -0.399. The Morgan fingerprint density at radius 1 is 1.16 bits per heavy atom. The van der Waals surface area contributed by atoms with E-state index in [1.165, 1.54) is 32.7 Å². The Morgan fingerprint density at radius 3 is 2.53 bits per heavy atom. The number of rotatable bonds is 4. The van der Waals surface area contributed by atoms with Gasteiger partial charge < -0.3 is 9.47 Å². The molecule has 0 aliphatic heterocycles. The van der Waals surface area contributed by atoms with Crippen molar-refractivity contribution < 1.29 is 14.3 Å². The van der Waals surface area contributed by atoms with Crippen molar-refractivity contribution in [3.8, 4) is 11.8 Å². The van der Waals surface area contributed by atoms with Crippen molar-refractivity contribution >= 4 is 17.4 Å². The van der Waals surface area contributed by atoms with Crippen LogP contribution in [-0.4, -0.2) is 35.0 Å². The molecule has 0 fully saturated rings. The molecule has 2 rings (SSSR count). The molecule has 0 unspecified atom stereocenters. The third kappa shape index (κ3) is 2.79. The number of aromatic nitrogens is 3. The van der Waals surface area contributed by atoms with Gasteiger partial charge in [-0.2, -0.15) is 4.98 Å². The third-order valence-corrected chi connectivity index (χ3v) is 2.52. The van der Waals surface area contributed by atoms with Crippen molar-refractivity contribution in [2.24, 2.45) is 0 Å². The van der Waals surface area contributed by atoms with Crippen molar-refractivity contribution in [3.05, 3.63) is 40.9 Å². The molecular formula is C12H10ClN3O3. The van der Waals surface area contributed by atoms with Crippen LogP contribution in [0.3, 0.4) is 0 Å². The molecule has 0 aromatic carbocycles. The zero-order valence-corrected chi connectivity index (χ0v) is 11.0. The van der Waals surface area contributed by atoms with Crippen molar-refractivity contribution in [1.82, 2.24) is 15.0 Å². The molecule has 0 radical (unpaired) electrons. The van der Waals surface area contributed by atoms with Crippen LogP contribution in [0.2, 0.25) is 5.02 Å². The van der Waals surface area contributed by atoms with Gasteiger partial charge in [0.1, 0.15) is 5.69 Å². The number of hydrogen-bond acceptors (Lipinski definition) is 6. The highest BCUT2D eigenvalue weighted by Crippen LogP contribution is 2.19. The van der Waals surface area contributed by atoms with Gasteiger partial charge in [-0.25, -0.2) is 4.98 Å². The third-order valence-electron chi connectivity index (χ3n) is 2.30. The molecule has 0 atom stereocenters. The maximum absolute atomic E-state index is 12.2. The van der Waals surface area contributed by atoms with Crippen LogP contribution in [0.15, 0.2) is 24.5 Å². The van der Waals surface area contributed by atoms with E-state index in [1.54, 1.807) is 6.07 Å². The van der Waals surface area contributed by atoms with E-state index in [0.29, 0.717) is 5.02 Å². The first-order chi connectivity index (χ1) is 9.15. The molecule has 98 valence electrons. The fourth-order valence-electron chi connectivity index (χ4n) is 1.38. The van der Waals surface area contributed by atoms with Crippen LogP contribution in [0.25, 0.3) is 0 Å². The Bertz CT molecular complexity index is 602. The highest BCUT2D eigenvalue weighted by atomic mass is 35.5. The largest absolute Gasteiger partial charge is 0.480 e. The summed E-state index contributed by atoms with van der Waals surface area (Å²) in [7, 11) is 2.85. The van der Waals surface area contributed by atoms with E-state index >= 15 is 0 Å². The summed E-state index contributed by atoms with van der Waals surface area (Å²) in [5.74, 6) is -0.0535. The topological polar surface area (TPSA) is 74.2 Å². The second-order valence-electron chi connectivity index (χ2n) is 3.46. The van der Waals surface area contributed by atoms with Crippen LogP contribution in [-0.2, 0) is 0 Å². The highest BCUT2D eigenvalue weighted by molar-refractivity contribution is 6.30. The minimum absolute atomic E-state index is 0.0677. The smallest absolute Gasteiger partial charge is 0.247 e. The maximum atomic E-state index is 12.2. The first-order valence-electron chi connectivity index (χ1n) is 5.27. The molecule has 0 N–H and O–H groups in total. The number of hydrogen-bond donors (Lipinski definition) is 0. The number of pyridine rings is 1. The summed E-state index contributed by atoms with van der Waals surface area (Å²) in [6.07, 6.45) is 2.73. The Morgan fingerprint density at radius 2 is 1.95 bits per heavy atom. The van der Waals surface area contributed by atoms with Gasteiger partial charge in [0.05, 0.1) is 25.4 Å². The molecular weight excluding hydrogens is 270 g/mol. The SMILES string of the molecule is COc1cnc(C(=O)c2ccc(Cl)cn2)c(OC)n1. The quantitative estimate of drug-likeness (QED) is 0.794. The normalized spacial score (nSPS) is 10.1. The molecule has 2 aromatic heterocycles. The number of carbonyl (C=O) groups is 1. The highest BCUT2D eigenvalue weighted by Gasteiger charge is 2.19. The molecule has 7 heteroatoms. The second kappa shape index (κ2) is 5.62. The van der Waals surface area contributed by atoms with Gasteiger partial charge in [-0.1, -0.05) is 11.6 Å². The fourth-order valence-corrected chi connectivity index (χ4v) is 1.50. The lowest BCUT2D eigenvalue weighted by Crippen LogP contribution is -2.10. The van der Waals surface area contributed by atoms with E-state index in [4.69, 9.17) is 21.1 Å². The van der Waals surface area contributed by atoms with Crippen LogP contribution >= 0.6 is 11.6 Å². The molecule has 0 saturated carbocycles. The molecule has 19 heavy (non-hydrogen) atoms. The summed E-state index contributed by atoms with van der Waals surface area (Å²) in [5.41, 5.74) is 0.278. The van der Waals surface area contributed by atoms with Gasteiger partial charge in [0.25, 0.3) is 0 Å². The first kappa shape index (κ1) is 13.2. The number of ether oxygens (including phenoxy) is 2. The summed E-state index contributed by atoms with van der Waals surface area (Å²) in [6, 6.07) is 3.08. The molecule has 0 spiro atoms. The summed E-state index contributed by atoms with van der Waals surface area (Å²) in [5, 5.41) is 0.448. The van der Waals surface area contributed by atoms with E-state index in [1.807, 2.05) is 0 Å². The lowest BCUT2D eigenvalue weighted by atomic mass is 10.2. The lowest BCUT2D eigenvalue weighted by Gasteiger charge is -2.06. The second-order valence-corrected chi connectivity index (χ2v) is 3.90. The first-order valence-corrected chi connectivity index (χ1v) is 5.64. The number of halogens is 1. The average Bonchev–Trinajstić information content (AvgIpc) is 2.46. The number of carbonyl (C=O) groups excluding carboxylic acids is 1. The molecule has 0 amide bonds. The summed E-state index contributed by atoms with van der Waals surface area (Å²) >= 11 is 5.72. The van der Waals surface area contributed by atoms with Crippen LogP contribution in [0, 0.1) is 0 Å². The predicted octanol–water partition coefficient (Wildman–Crippen LogP) is 1.77. The van der Waals surface area contributed by atoms with Crippen molar-refractivity contribution in [3.63, 3.8) is 0 Å². The molecule has 2 heterocycles. The molecule has 0 aliphatic carbocycles. The standard InChI is InChI=1S/C12H10ClN3O3/c1-18-9-6-15-10(12(16-9)19-2)11(17)8-4-3-7(13)5-14-8/h3-6H,1-2H3. The predicted molar refractivity (Wildman–Crippen MR) is 67.8 cm³/mol. The molecule has 0 aliphatic rings.